The number of pyridine rings is 1. The first kappa shape index (κ1) is 24.4. The Kier molecular flexibility index (Phi) is 6.28. The van der Waals surface area contributed by atoms with Crippen molar-refractivity contribution < 1.29 is 33.3 Å². The summed E-state index contributed by atoms with van der Waals surface area (Å²) in [5.41, 5.74) is 0.742. The Labute approximate surface area is 222 Å². The monoisotopic (exact) mass is 528 g/mol. The number of ketones is 1. The molecule has 10 nitrogen and oxygen atoms in total. The highest BCUT2D eigenvalue weighted by molar-refractivity contribution is 6.10. The van der Waals surface area contributed by atoms with E-state index in [1.54, 1.807) is 59.2 Å². The van der Waals surface area contributed by atoms with Crippen LogP contribution >= 0.6 is 0 Å². The van der Waals surface area contributed by atoms with Crippen LogP contribution in [0, 0.1) is 0 Å². The second-order valence-electron chi connectivity index (χ2n) is 8.98. The van der Waals surface area contributed by atoms with E-state index in [0.29, 0.717) is 71.9 Å². The van der Waals surface area contributed by atoms with Crippen molar-refractivity contribution in [2.45, 2.75) is 6.54 Å². The molecule has 2 aliphatic heterocycles. The number of anilines is 1. The number of ether oxygens (including phenoxy) is 5. The molecule has 4 aromatic rings. The maximum Gasteiger partial charge on any atom is 0.244 e. The SMILES string of the molecule is COc1ccc(C(=O)c2cn(CC(=O)Nc3ccc4c(c3)OCCO4)c3cc4c(cc3c2=O)OCCO4)cc1. The van der Waals surface area contributed by atoms with Crippen LogP contribution in [0.25, 0.3) is 10.9 Å². The minimum absolute atomic E-state index is 0.0727. The fourth-order valence-corrected chi connectivity index (χ4v) is 4.59. The van der Waals surface area contributed by atoms with Crippen molar-refractivity contribution >= 4 is 28.3 Å². The van der Waals surface area contributed by atoms with Gasteiger partial charge in [-0.2, -0.15) is 0 Å². The lowest BCUT2D eigenvalue weighted by atomic mass is 10.0. The third-order valence-corrected chi connectivity index (χ3v) is 6.48. The number of aromatic nitrogens is 1. The number of hydrogen-bond donors (Lipinski definition) is 1. The molecule has 1 amide bonds. The van der Waals surface area contributed by atoms with Crippen LogP contribution in [-0.2, 0) is 11.3 Å². The summed E-state index contributed by atoms with van der Waals surface area (Å²) in [4.78, 5) is 40.1. The maximum absolute atomic E-state index is 13.5. The number of hydrogen-bond acceptors (Lipinski definition) is 8. The Hall–Kier alpha value is -4.99. The molecular formula is C29H24N2O8. The summed E-state index contributed by atoms with van der Waals surface area (Å²) in [7, 11) is 1.53. The fourth-order valence-electron chi connectivity index (χ4n) is 4.59. The predicted molar refractivity (Wildman–Crippen MR) is 142 cm³/mol. The number of nitrogens with one attached hydrogen (secondary N) is 1. The van der Waals surface area contributed by atoms with Crippen molar-refractivity contribution in [1.29, 1.82) is 0 Å². The van der Waals surface area contributed by atoms with Crippen molar-refractivity contribution in [1.82, 2.24) is 4.57 Å². The number of fused-ring (bicyclic) bond motifs is 3. The second kappa shape index (κ2) is 10.1. The van der Waals surface area contributed by atoms with Crippen molar-refractivity contribution in [3.8, 4) is 28.7 Å². The summed E-state index contributed by atoms with van der Waals surface area (Å²) in [5.74, 6) is 1.77. The van der Waals surface area contributed by atoms with E-state index in [1.165, 1.54) is 13.3 Å². The Morgan fingerprint density at radius 3 is 2.18 bits per heavy atom. The fraction of sp³-hybridized carbons (Fsp3) is 0.207. The Balaban J connectivity index is 1.38. The zero-order valence-corrected chi connectivity index (χ0v) is 21.0. The largest absolute Gasteiger partial charge is 0.497 e. The van der Waals surface area contributed by atoms with Crippen LogP contribution in [0.4, 0.5) is 5.69 Å². The first-order chi connectivity index (χ1) is 19.0. The molecule has 2 aliphatic rings. The van der Waals surface area contributed by atoms with E-state index in [4.69, 9.17) is 23.7 Å². The third-order valence-electron chi connectivity index (χ3n) is 6.48. The van der Waals surface area contributed by atoms with E-state index in [0.717, 1.165) is 0 Å². The molecule has 0 bridgehead atoms. The number of benzene rings is 3. The summed E-state index contributed by atoms with van der Waals surface area (Å²) in [6.45, 7) is 1.42. The van der Waals surface area contributed by atoms with E-state index in [9.17, 15) is 14.4 Å². The normalized spacial score (nSPS) is 13.6. The van der Waals surface area contributed by atoms with E-state index in [-0.39, 0.29) is 23.4 Å². The van der Waals surface area contributed by atoms with Gasteiger partial charge >= 0.3 is 0 Å². The minimum atomic E-state index is -0.472. The van der Waals surface area contributed by atoms with E-state index >= 15 is 0 Å². The third kappa shape index (κ3) is 4.72. The number of nitrogens with zero attached hydrogens (tertiary/aromatic N) is 1. The smallest absolute Gasteiger partial charge is 0.244 e. The van der Waals surface area contributed by atoms with Crippen molar-refractivity contribution in [2.75, 3.05) is 38.9 Å². The molecule has 1 aromatic heterocycles. The molecule has 6 rings (SSSR count). The number of carbonyl (C=O) groups excluding carboxylic acids is 2. The van der Waals surface area contributed by atoms with Gasteiger partial charge in [0.05, 0.1) is 23.6 Å². The molecule has 0 aliphatic carbocycles. The number of methoxy groups -OCH3 is 1. The minimum Gasteiger partial charge on any atom is -0.497 e. The topological polar surface area (TPSA) is 114 Å². The van der Waals surface area contributed by atoms with E-state index in [1.807, 2.05) is 0 Å². The van der Waals surface area contributed by atoms with E-state index in [2.05, 4.69) is 5.32 Å². The molecule has 198 valence electrons. The highest BCUT2D eigenvalue weighted by Gasteiger charge is 2.22. The molecule has 0 spiro atoms. The molecule has 0 atom stereocenters. The van der Waals surface area contributed by atoms with Crippen LogP contribution in [0.2, 0.25) is 0 Å². The van der Waals surface area contributed by atoms with Crippen LogP contribution in [-0.4, -0.2) is 49.8 Å². The standard InChI is InChI=1S/C29H24N2O8/c1-35-19-5-2-17(3-6-19)28(33)21-15-31(22-14-26-25(38-10-11-39-26)13-20(22)29(21)34)16-27(32)30-18-4-7-23-24(12-18)37-9-8-36-23/h2-7,12-15H,8-11,16H2,1H3,(H,30,32). The number of amides is 1. The highest BCUT2D eigenvalue weighted by Crippen LogP contribution is 2.35. The average molecular weight is 529 g/mol. The quantitative estimate of drug-likeness (QED) is 0.379. The predicted octanol–water partition coefficient (Wildman–Crippen LogP) is 3.42. The lowest BCUT2D eigenvalue weighted by Crippen LogP contribution is -2.25. The van der Waals surface area contributed by atoms with Gasteiger partial charge in [0.1, 0.15) is 38.7 Å². The maximum atomic E-state index is 13.5. The molecular weight excluding hydrogens is 504 g/mol. The zero-order chi connectivity index (χ0) is 26.9. The van der Waals surface area contributed by atoms with Gasteiger partial charge in [0.2, 0.25) is 11.3 Å². The summed E-state index contributed by atoms with van der Waals surface area (Å²) >= 11 is 0. The van der Waals surface area contributed by atoms with Gasteiger partial charge in [-0.25, -0.2) is 0 Å². The van der Waals surface area contributed by atoms with Gasteiger partial charge in [-0.1, -0.05) is 0 Å². The van der Waals surface area contributed by atoms with Crippen LogP contribution in [0.15, 0.2) is 65.6 Å². The lowest BCUT2D eigenvalue weighted by molar-refractivity contribution is -0.116. The van der Waals surface area contributed by atoms with Gasteiger partial charge in [-0.15, -0.1) is 0 Å². The van der Waals surface area contributed by atoms with Crippen molar-refractivity contribution in [3.63, 3.8) is 0 Å². The van der Waals surface area contributed by atoms with Gasteiger partial charge in [0.15, 0.2) is 28.8 Å². The summed E-state index contributed by atoms with van der Waals surface area (Å²) in [6, 6.07) is 14.8. The van der Waals surface area contributed by atoms with Crippen LogP contribution < -0.4 is 34.4 Å². The summed E-state index contributed by atoms with van der Waals surface area (Å²) in [6.07, 6.45) is 1.41. The van der Waals surface area contributed by atoms with Gasteiger partial charge in [-0.3, -0.25) is 14.4 Å². The Morgan fingerprint density at radius 1 is 0.846 bits per heavy atom. The highest BCUT2D eigenvalue weighted by atomic mass is 16.6. The van der Waals surface area contributed by atoms with Crippen molar-refractivity contribution in [2.24, 2.45) is 0 Å². The van der Waals surface area contributed by atoms with Crippen molar-refractivity contribution in [3.05, 3.63) is 82.1 Å². The average Bonchev–Trinajstić information content (AvgIpc) is 2.97. The van der Waals surface area contributed by atoms with Gasteiger partial charge in [-0.05, 0) is 42.5 Å². The molecule has 0 saturated heterocycles. The second-order valence-corrected chi connectivity index (χ2v) is 8.98. The Morgan fingerprint density at radius 2 is 1.49 bits per heavy atom. The van der Waals surface area contributed by atoms with Crippen LogP contribution in [0.3, 0.4) is 0 Å². The molecule has 0 saturated carbocycles. The molecule has 39 heavy (non-hydrogen) atoms. The molecule has 3 heterocycles. The van der Waals surface area contributed by atoms with E-state index < -0.39 is 11.2 Å². The van der Waals surface area contributed by atoms with Gasteiger partial charge in [0, 0.05) is 29.6 Å². The van der Waals surface area contributed by atoms with Crippen LogP contribution in [0.5, 0.6) is 28.7 Å². The lowest BCUT2D eigenvalue weighted by Gasteiger charge is -2.21. The molecule has 1 N–H and O–H groups in total. The molecule has 10 heteroatoms. The zero-order valence-electron chi connectivity index (χ0n) is 21.0. The molecule has 3 aromatic carbocycles. The first-order valence-electron chi connectivity index (χ1n) is 12.4. The first-order valence-corrected chi connectivity index (χ1v) is 12.4. The van der Waals surface area contributed by atoms with Crippen LogP contribution in [0.1, 0.15) is 15.9 Å². The summed E-state index contributed by atoms with van der Waals surface area (Å²) in [5, 5.41) is 3.09. The molecule has 0 unspecified atom stereocenters. The Bertz CT molecular complexity index is 1660. The molecule has 0 radical (unpaired) electrons. The summed E-state index contributed by atoms with van der Waals surface area (Å²) < 4.78 is 29.2. The molecule has 0 fully saturated rings. The van der Waals surface area contributed by atoms with Gasteiger partial charge < -0.3 is 33.6 Å². The number of rotatable bonds is 6. The van der Waals surface area contributed by atoms with Gasteiger partial charge in [0.25, 0.3) is 0 Å². The number of carbonyl (C=O) groups is 2.